The van der Waals surface area contributed by atoms with Crippen LogP contribution in [0.1, 0.15) is 39.4 Å². The Bertz CT molecular complexity index is 716. The molecule has 0 fully saturated rings. The van der Waals surface area contributed by atoms with Gasteiger partial charge in [-0.15, -0.1) is 0 Å². The maximum atomic E-state index is 12.3. The van der Waals surface area contributed by atoms with Crippen molar-refractivity contribution in [1.29, 1.82) is 0 Å². The molecule has 1 aliphatic rings. The number of nitrogens with zero attached hydrogens (tertiary/aromatic N) is 3. The number of aromatic nitrogens is 2. The molecule has 0 unspecified atom stereocenters. The van der Waals surface area contributed by atoms with E-state index in [1.54, 1.807) is 0 Å². The third-order valence-corrected chi connectivity index (χ3v) is 3.85. The Morgan fingerprint density at radius 3 is 2.19 bits per heavy atom. The van der Waals surface area contributed by atoms with Gasteiger partial charge in [0.05, 0.1) is 27.7 Å². The predicted molar refractivity (Wildman–Crippen MR) is 74.3 cm³/mol. The highest BCUT2D eigenvalue weighted by Gasteiger charge is 2.37. The lowest BCUT2D eigenvalue weighted by Crippen LogP contribution is -2.29. The lowest BCUT2D eigenvalue weighted by molar-refractivity contribution is 0.0637. The summed E-state index contributed by atoms with van der Waals surface area (Å²) < 4.78 is 4.96. The zero-order valence-electron chi connectivity index (χ0n) is 10.9. The van der Waals surface area contributed by atoms with Crippen molar-refractivity contribution < 1.29 is 14.1 Å². The van der Waals surface area contributed by atoms with Gasteiger partial charge in [-0.2, -0.15) is 4.98 Å². The molecule has 8 heteroatoms. The molecule has 108 valence electrons. The van der Waals surface area contributed by atoms with Gasteiger partial charge in [0, 0.05) is 6.42 Å². The monoisotopic (exact) mass is 325 g/mol. The Morgan fingerprint density at radius 2 is 1.71 bits per heavy atom. The van der Waals surface area contributed by atoms with Gasteiger partial charge in [-0.05, 0) is 12.1 Å². The number of fused-ring (bicyclic) bond motifs is 1. The average Bonchev–Trinajstić information content (AvgIpc) is 3.00. The second-order valence-electron chi connectivity index (χ2n) is 4.47. The maximum absolute atomic E-state index is 12.3. The van der Waals surface area contributed by atoms with E-state index in [0.29, 0.717) is 12.3 Å². The number of hydrogen-bond acceptors (Lipinski definition) is 5. The number of benzene rings is 1. The molecule has 2 aromatic rings. The largest absolute Gasteiger partial charge is 0.339 e. The first-order chi connectivity index (χ1) is 10.0. The van der Waals surface area contributed by atoms with Gasteiger partial charge in [0.2, 0.25) is 5.89 Å². The van der Waals surface area contributed by atoms with Crippen LogP contribution in [0.2, 0.25) is 10.0 Å². The van der Waals surface area contributed by atoms with Crippen molar-refractivity contribution in [2.75, 3.05) is 0 Å². The number of imide groups is 1. The summed E-state index contributed by atoms with van der Waals surface area (Å²) in [5.41, 5.74) is 0.460. The molecule has 0 bridgehead atoms. The number of hydrogen-bond donors (Lipinski definition) is 0. The zero-order valence-corrected chi connectivity index (χ0v) is 12.4. The van der Waals surface area contributed by atoms with Gasteiger partial charge in [0.25, 0.3) is 11.8 Å². The minimum atomic E-state index is -0.448. The molecule has 2 heterocycles. The number of aryl methyl sites for hydroxylation is 1. The molecule has 2 amide bonds. The third-order valence-electron chi connectivity index (χ3n) is 3.12. The molecule has 0 saturated carbocycles. The van der Waals surface area contributed by atoms with E-state index < -0.39 is 11.8 Å². The first-order valence-electron chi connectivity index (χ1n) is 6.18. The van der Waals surface area contributed by atoms with Crippen LogP contribution in [0.15, 0.2) is 16.7 Å². The lowest BCUT2D eigenvalue weighted by atomic mass is 10.1. The topological polar surface area (TPSA) is 76.3 Å². The highest BCUT2D eigenvalue weighted by molar-refractivity contribution is 6.43. The SMILES string of the molecule is CCc1nc(CN2C(=O)c3cc(Cl)c(Cl)cc3C2=O)no1. The van der Waals surface area contributed by atoms with Crippen molar-refractivity contribution in [2.45, 2.75) is 19.9 Å². The van der Waals surface area contributed by atoms with Crippen LogP contribution in [0.3, 0.4) is 0 Å². The summed E-state index contributed by atoms with van der Waals surface area (Å²) >= 11 is 11.8. The van der Waals surface area contributed by atoms with Crippen LogP contribution in [-0.4, -0.2) is 26.9 Å². The fourth-order valence-electron chi connectivity index (χ4n) is 2.07. The summed E-state index contributed by atoms with van der Waals surface area (Å²) in [4.78, 5) is 29.7. The lowest BCUT2D eigenvalue weighted by Gasteiger charge is -2.10. The first kappa shape index (κ1) is 14.0. The third kappa shape index (κ3) is 2.30. The molecule has 1 aliphatic heterocycles. The predicted octanol–water partition coefficient (Wildman–Crippen LogP) is 2.74. The molecule has 0 saturated heterocycles. The van der Waals surface area contributed by atoms with Crippen LogP contribution in [-0.2, 0) is 13.0 Å². The summed E-state index contributed by atoms with van der Waals surface area (Å²) in [6.07, 6.45) is 0.584. The molecule has 0 atom stereocenters. The molecule has 1 aromatic heterocycles. The molecule has 3 rings (SSSR count). The Morgan fingerprint density at radius 1 is 1.14 bits per heavy atom. The van der Waals surface area contributed by atoms with E-state index in [0.717, 1.165) is 4.90 Å². The highest BCUT2D eigenvalue weighted by Crippen LogP contribution is 2.31. The smallest absolute Gasteiger partial charge is 0.262 e. The fourth-order valence-corrected chi connectivity index (χ4v) is 2.39. The second-order valence-corrected chi connectivity index (χ2v) is 5.28. The van der Waals surface area contributed by atoms with Gasteiger partial charge in [-0.3, -0.25) is 14.5 Å². The fraction of sp³-hybridized carbons (Fsp3) is 0.231. The first-order valence-corrected chi connectivity index (χ1v) is 6.93. The second kappa shape index (κ2) is 5.13. The maximum Gasteiger partial charge on any atom is 0.262 e. The van der Waals surface area contributed by atoms with Gasteiger partial charge < -0.3 is 4.52 Å². The Hall–Kier alpha value is -1.92. The summed E-state index contributed by atoms with van der Waals surface area (Å²) in [5, 5.41) is 4.19. The van der Waals surface area contributed by atoms with Crippen LogP contribution >= 0.6 is 23.2 Å². The van der Waals surface area contributed by atoms with Gasteiger partial charge in [0.1, 0.15) is 0 Å². The van der Waals surface area contributed by atoms with E-state index in [9.17, 15) is 9.59 Å². The molecule has 0 aliphatic carbocycles. The molecule has 0 radical (unpaired) electrons. The van der Waals surface area contributed by atoms with E-state index in [1.807, 2.05) is 6.92 Å². The summed E-state index contributed by atoms with van der Waals surface area (Å²) in [6, 6.07) is 2.79. The van der Waals surface area contributed by atoms with Crippen molar-refractivity contribution in [1.82, 2.24) is 15.0 Å². The minimum absolute atomic E-state index is 0.0505. The van der Waals surface area contributed by atoms with Crippen LogP contribution in [0.4, 0.5) is 0 Å². The number of halogens is 2. The normalized spacial score (nSPS) is 14.0. The van der Waals surface area contributed by atoms with Crippen molar-refractivity contribution >= 4 is 35.0 Å². The van der Waals surface area contributed by atoms with E-state index >= 15 is 0 Å². The van der Waals surface area contributed by atoms with Crippen molar-refractivity contribution in [3.8, 4) is 0 Å². The summed E-state index contributed by atoms with van der Waals surface area (Å²) in [5.74, 6) is -0.168. The zero-order chi connectivity index (χ0) is 15.1. The number of carbonyl (C=O) groups excluding carboxylic acids is 2. The van der Waals surface area contributed by atoms with Crippen LogP contribution in [0, 0.1) is 0 Å². The quantitative estimate of drug-likeness (QED) is 0.811. The Balaban J connectivity index is 1.92. The highest BCUT2D eigenvalue weighted by atomic mass is 35.5. The number of amides is 2. The van der Waals surface area contributed by atoms with E-state index in [-0.39, 0.29) is 33.5 Å². The van der Waals surface area contributed by atoms with Crippen molar-refractivity contribution in [3.05, 3.63) is 45.0 Å². The molecule has 0 spiro atoms. The Labute approximate surface area is 129 Å². The van der Waals surface area contributed by atoms with E-state index in [1.165, 1.54) is 12.1 Å². The van der Waals surface area contributed by atoms with Crippen LogP contribution < -0.4 is 0 Å². The van der Waals surface area contributed by atoms with Crippen LogP contribution in [0.25, 0.3) is 0 Å². The van der Waals surface area contributed by atoms with Crippen LogP contribution in [0.5, 0.6) is 0 Å². The molecular formula is C13H9Cl2N3O3. The van der Waals surface area contributed by atoms with Gasteiger partial charge in [-0.25, -0.2) is 0 Å². The molecule has 21 heavy (non-hydrogen) atoms. The number of rotatable bonds is 3. The molecular weight excluding hydrogens is 317 g/mol. The van der Waals surface area contributed by atoms with Crippen molar-refractivity contribution in [2.24, 2.45) is 0 Å². The van der Waals surface area contributed by atoms with E-state index in [2.05, 4.69) is 10.1 Å². The Kier molecular flexibility index (Phi) is 3.43. The molecule has 0 N–H and O–H groups in total. The average molecular weight is 326 g/mol. The van der Waals surface area contributed by atoms with Gasteiger partial charge in [0.15, 0.2) is 5.82 Å². The molecule has 6 nitrogen and oxygen atoms in total. The van der Waals surface area contributed by atoms with Gasteiger partial charge in [-0.1, -0.05) is 35.3 Å². The minimum Gasteiger partial charge on any atom is -0.339 e. The standard InChI is InChI=1S/C13H9Cl2N3O3/c1-2-11-16-10(17-21-11)5-18-12(19)6-3-8(14)9(15)4-7(6)13(18)20/h3-4H,2,5H2,1H3. The summed E-state index contributed by atoms with van der Waals surface area (Å²) in [7, 11) is 0. The van der Waals surface area contributed by atoms with E-state index in [4.69, 9.17) is 27.7 Å². The van der Waals surface area contributed by atoms with Crippen molar-refractivity contribution in [3.63, 3.8) is 0 Å². The molecule has 1 aromatic carbocycles. The number of carbonyl (C=O) groups is 2. The summed E-state index contributed by atoms with van der Waals surface area (Å²) in [6.45, 7) is 1.81. The van der Waals surface area contributed by atoms with Gasteiger partial charge >= 0.3 is 0 Å².